The van der Waals surface area contributed by atoms with Crippen molar-refractivity contribution in [1.29, 1.82) is 0 Å². The molecular weight excluding hydrogens is 236 g/mol. The summed E-state index contributed by atoms with van der Waals surface area (Å²) in [6.07, 6.45) is 5.97. The molecule has 2 aromatic rings. The second-order valence-corrected chi connectivity index (χ2v) is 4.24. The zero-order valence-electron chi connectivity index (χ0n) is 11.4. The van der Waals surface area contributed by atoms with Gasteiger partial charge in [-0.05, 0) is 6.42 Å². The summed E-state index contributed by atoms with van der Waals surface area (Å²) in [5.74, 6) is 1.18. The van der Waals surface area contributed by atoms with Gasteiger partial charge in [0.05, 0.1) is 11.9 Å². The summed E-state index contributed by atoms with van der Waals surface area (Å²) >= 11 is 0. The van der Waals surface area contributed by atoms with Crippen molar-refractivity contribution in [3.8, 4) is 0 Å². The molecule has 0 bridgehead atoms. The molecule has 0 atom stereocenters. The number of nitrogen functional groups attached to an aromatic ring is 2. The van der Waals surface area contributed by atoms with Crippen molar-refractivity contribution >= 4 is 11.5 Å². The Labute approximate surface area is 114 Å². The first-order chi connectivity index (χ1) is 9.24. The van der Waals surface area contributed by atoms with E-state index in [-0.39, 0.29) is 0 Å². The normalized spacial score (nSPS) is 9.53. The lowest BCUT2D eigenvalue weighted by molar-refractivity contribution is 0.694. The molecule has 0 aliphatic carbocycles. The van der Waals surface area contributed by atoms with Gasteiger partial charge >= 0.3 is 0 Å². The van der Waals surface area contributed by atoms with E-state index in [0.717, 1.165) is 18.7 Å². The second-order valence-electron chi connectivity index (χ2n) is 4.24. The first-order valence-electron chi connectivity index (χ1n) is 6.61. The molecule has 0 fully saturated rings. The number of hydrogen-bond donors (Lipinski definition) is 2. The molecule has 102 valence electrons. The minimum absolute atomic E-state index is 0.390. The maximum atomic E-state index is 5.55. The van der Waals surface area contributed by atoms with Gasteiger partial charge in [0, 0.05) is 6.42 Å². The maximum absolute atomic E-state index is 5.55. The predicted molar refractivity (Wildman–Crippen MR) is 80.5 cm³/mol. The van der Waals surface area contributed by atoms with Crippen LogP contribution in [0.4, 0.5) is 11.5 Å². The van der Waals surface area contributed by atoms with Crippen LogP contribution >= 0.6 is 0 Å². The van der Waals surface area contributed by atoms with Crippen LogP contribution in [0.15, 0.2) is 42.6 Å². The highest BCUT2D eigenvalue weighted by molar-refractivity contribution is 5.55. The van der Waals surface area contributed by atoms with E-state index in [1.807, 2.05) is 36.4 Å². The van der Waals surface area contributed by atoms with Crippen LogP contribution < -0.4 is 11.5 Å². The quantitative estimate of drug-likeness (QED) is 0.826. The molecule has 2 rings (SSSR count). The Morgan fingerprint density at radius 3 is 2.00 bits per heavy atom. The molecular formula is C15H22N4. The van der Waals surface area contributed by atoms with Crippen LogP contribution in [0.25, 0.3) is 0 Å². The van der Waals surface area contributed by atoms with Crippen molar-refractivity contribution in [2.75, 3.05) is 11.5 Å². The Kier molecular flexibility index (Phi) is 7.02. The van der Waals surface area contributed by atoms with Crippen LogP contribution in [0.2, 0.25) is 0 Å². The number of nitrogens with two attached hydrogens (primary N) is 2. The molecule has 0 saturated heterocycles. The third kappa shape index (κ3) is 6.41. The molecule has 4 N–H and O–H groups in total. The molecule has 0 spiro atoms. The average Bonchev–Trinajstić information content (AvgIpc) is 2.46. The van der Waals surface area contributed by atoms with Crippen molar-refractivity contribution in [1.82, 2.24) is 9.97 Å². The Balaban J connectivity index is 0.000000250. The van der Waals surface area contributed by atoms with Gasteiger partial charge in [-0.1, -0.05) is 56.2 Å². The van der Waals surface area contributed by atoms with E-state index < -0.39 is 0 Å². The average molecular weight is 258 g/mol. The molecule has 0 unspecified atom stereocenters. The highest BCUT2D eigenvalue weighted by Gasteiger charge is 1.99. The van der Waals surface area contributed by atoms with Gasteiger partial charge in [-0.3, -0.25) is 0 Å². The largest absolute Gasteiger partial charge is 0.394 e. The molecule has 1 heterocycles. The van der Waals surface area contributed by atoms with Gasteiger partial charge in [-0.2, -0.15) is 0 Å². The number of anilines is 2. The maximum Gasteiger partial charge on any atom is 0.150 e. The van der Waals surface area contributed by atoms with Crippen LogP contribution in [-0.2, 0) is 6.42 Å². The van der Waals surface area contributed by atoms with Gasteiger partial charge < -0.3 is 11.5 Å². The van der Waals surface area contributed by atoms with Gasteiger partial charge in [0.1, 0.15) is 11.6 Å². The minimum Gasteiger partial charge on any atom is -0.394 e. The zero-order valence-corrected chi connectivity index (χ0v) is 11.4. The third-order valence-electron chi connectivity index (χ3n) is 2.57. The molecule has 0 amide bonds. The first-order valence-corrected chi connectivity index (χ1v) is 6.61. The van der Waals surface area contributed by atoms with Gasteiger partial charge in [0.25, 0.3) is 0 Å². The summed E-state index contributed by atoms with van der Waals surface area (Å²) in [4.78, 5) is 8.18. The molecule has 0 radical (unpaired) electrons. The lowest BCUT2D eigenvalue weighted by Gasteiger charge is -2.01. The van der Waals surface area contributed by atoms with Crippen LogP contribution in [0.1, 0.15) is 32.0 Å². The van der Waals surface area contributed by atoms with Crippen LogP contribution in [-0.4, -0.2) is 9.97 Å². The highest BCUT2D eigenvalue weighted by atomic mass is 15.0. The van der Waals surface area contributed by atoms with Crippen molar-refractivity contribution in [3.63, 3.8) is 0 Å². The predicted octanol–water partition coefficient (Wildman–Crippen LogP) is 3.06. The van der Waals surface area contributed by atoms with Crippen molar-refractivity contribution < 1.29 is 0 Å². The van der Waals surface area contributed by atoms with Gasteiger partial charge in [-0.25, -0.2) is 9.97 Å². The minimum atomic E-state index is 0.390. The topological polar surface area (TPSA) is 77.8 Å². The van der Waals surface area contributed by atoms with Gasteiger partial charge in [-0.15, -0.1) is 0 Å². The van der Waals surface area contributed by atoms with Gasteiger partial charge in [0.15, 0.2) is 0 Å². The van der Waals surface area contributed by atoms with Gasteiger partial charge in [0.2, 0.25) is 0 Å². The van der Waals surface area contributed by atoms with Crippen molar-refractivity contribution in [3.05, 3.63) is 48.4 Å². The van der Waals surface area contributed by atoms with Crippen LogP contribution in [0, 0.1) is 0 Å². The van der Waals surface area contributed by atoms with E-state index >= 15 is 0 Å². The van der Waals surface area contributed by atoms with E-state index in [1.165, 1.54) is 12.8 Å². The molecule has 4 nitrogen and oxygen atoms in total. The van der Waals surface area contributed by atoms with E-state index in [2.05, 4.69) is 16.9 Å². The van der Waals surface area contributed by atoms with E-state index in [1.54, 1.807) is 6.20 Å². The van der Waals surface area contributed by atoms with Crippen molar-refractivity contribution in [2.45, 2.75) is 32.6 Å². The molecule has 19 heavy (non-hydrogen) atoms. The Bertz CT molecular complexity index is 430. The first kappa shape index (κ1) is 15.0. The van der Waals surface area contributed by atoms with E-state index in [9.17, 15) is 0 Å². The number of nitrogens with zero attached hydrogens (tertiary/aromatic N) is 2. The lowest BCUT2D eigenvalue weighted by Crippen LogP contribution is -2.03. The molecule has 0 aliphatic heterocycles. The van der Waals surface area contributed by atoms with Crippen LogP contribution in [0.3, 0.4) is 0 Å². The Hall–Kier alpha value is -2.10. The summed E-state index contributed by atoms with van der Waals surface area (Å²) in [6.45, 7) is 2.16. The van der Waals surface area contributed by atoms with Crippen LogP contribution in [0.5, 0.6) is 0 Å². The van der Waals surface area contributed by atoms with Crippen molar-refractivity contribution in [2.24, 2.45) is 0 Å². The Morgan fingerprint density at radius 2 is 1.53 bits per heavy atom. The fourth-order valence-corrected chi connectivity index (χ4v) is 1.48. The summed E-state index contributed by atoms with van der Waals surface area (Å²) in [5.41, 5.74) is 11.5. The fraction of sp³-hybridized carbons (Fsp3) is 0.333. The summed E-state index contributed by atoms with van der Waals surface area (Å²) < 4.78 is 0. The number of benzene rings is 1. The number of aromatic nitrogens is 2. The molecule has 0 saturated carbocycles. The number of aryl methyl sites for hydroxylation is 1. The lowest BCUT2D eigenvalue weighted by atomic mass is 10.2. The van der Waals surface area contributed by atoms with E-state index in [4.69, 9.17) is 11.5 Å². The molecule has 1 aromatic heterocycles. The fourth-order valence-electron chi connectivity index (χ4n) is 1.48. The van der Waals surface area contributed by atoms with E-state index in [0.29, 0.717) is 11.5 Å². The zero-order chi connectivity index (χ0) is 13.9. The Morgan fingerprint density at radius 1 is 0.947 bits per heavy atom. The number of rotatable bonds is 4. The standard InChI is InChI=1S/C9H16N4.C6H6/c1-2-3-4-5-8-12-6-7(10)9(11)13-8;1-2-4-6-5-3-1/h6H,2-5,10H2,1H3,(H2,11,12,13);1-6H. The second kappa shape index (κ2) is 8.91. The molecule has 4 heteroatoms. The SMILES string of the molecule is CCCCCc1ncc(N)c(N)n1.c1ccccc1. The number of unbranched alkanes of at least 4 members (excludes halogenated alkanes) is 2. The summed E-state index contributed by atoms with van der Waals surface area (Å²) in [5, 5.41) is 0. The smallest absolute Gasteiger partial charge is 0.150 e. The molecule has 1 aromatic carbocycles. The monoisotopic (exact) mass is 258 g/mol. The summed E-state index contributed by atoms with van der Waals surface area (Å²) in [7, 11) is 0. The molecule has 0 aliphatic rings. The summed E-state index contributed by atoms with van der Waals surface area (Å²) in [6, 6.07) is 12.0. The highest BCUT2D eigenvalue weighted by Crippen LogP contribution is 2.10. The number of hydrogen-bond acceptors (Lipinski definition) is 4. The third-order valence-corrected chi connectivity index (χ3v) is 2.57.